The van der Waals surface area contributed by atoms with E-state index in [1.54, 1.807) is 56.7 Å². The van der Waals surface area contributed by atoms with Crippen LogP contribution in [0.2, 0.25) is 5.02 Å². The van der Waals surface area contributed by atoms with Gasteiger partial charge < -0.3 is 9.47 Å². The van der Waals surface area contributed by atoms with E-state index in [1.807, 2.05) is 6.07 Å². The summed E-state index contributed by atoms with van der Waals surface area (Å²) in [6.45, 7) is 0.184. The summed E-state index contributed by atoms with van der Waals surface area (Å²) in [6.07, 6.45) is 0. The highest BCUT2D eigenvalue weighted by molar-refractivity contribution is 6.30. The molecule has 30 heavy (non-hydrogen) atoms. The first-order valence-electron chi connectivity index (χ1n) is 9.17. The summed E-state index contributed by atoms with van der Waals surface area (Å²) < 4.78 is 26.4. The van der Waals surface area contributed by atoms with E-state index in [-0.39, 0.29) is 17.1 Å². The van der Waals surface area contributed by atoms with Crippen LogP contribution in [0.15, 0.2) is 65.5 Å². The van der Waals surface area contributed by atoms with Gasteiger partial charge >= 0.3 is 0 Å². The Morgan fingerprint density at radius 1 is 1.03 bits per heavy atom. The van der Waals surface area contributed by atoms with Crippen LogP contribution in [0.1, 0.15) is 5.56 Å². The molecule has 1 aromatic heterocycles. The van der Waals surface area contributed by atoms with Gasteiger partial charge in [0.1, 0.15) is 23.1 Å². The van der Waals surface area contributed by atoms with Gasteiger partial charge in [0.25, 0.3) is 5.56 Å². The molecule has 0 atom stereocenters. The molecule has 152 valence electrons. The number of ether oxygens (including phenoxy) is 2. The molecule has 0 fully saturated rings. The molecule has 0 saturated carbocycles. The average molecular weight is 425 g/mol. The molecule has 0 spiro atoms. The fraction of sp³-hybridized carbons (Fsp3) is 0.130. The van der Waals surface area contributed by atoms with Crippen molar-refractivity contribution < 1.29 is 13.9 Å². The Balaban J connectivity index is 1.95. The quantitative estimate of drug-likeness (QED) is 0.456. The molecule has 0 N–H and O–H groups in total. The van der Waals surface area contributed by atoms with Crippen molar-refractivity contribution in [2.75, 3.05) is 14.2 Å². The average Bonchev–Trinajstić information content (AvgIpc) is 2.77. The zero-order valence-electron chi connectivity index (χ0n) is 16.4. The normalized spacial score (nSPS) is 10.9. The predicted molar refractivity (Wildman–Crippen MR) is 115 cm³/mol. The lowest BCUT2D eigenvalue weighted by atomic mass is 10.1. The van der Waals surface area contributed by atoms with Gasteiger partial charge in [-0.15, -0.1) is 0 Å². The van der Waals surface area contributed by atoms with E-state index >= 15 is 0 Å². The summed E-state index contributed by atoms with van der Waals surface area (Å²) in [5.74, 6) is 0.972. The van der Waals surface area contributed by atoms with Gasteiger partial charge in [-0.2, -0.15) is 0 Å². The molecule has 4 rings (SSSR count). The third-order valence-electron chi connectivity index (χ3n) is 4.86. The minimum absolute atomic E-state index is 0.00487. The first-order valence-corrected chi connectivity index (χ1v) is 9.55. The zero-order valence-corrected chi connectivity index (χ0v) is 17.1. The van der Waals surface area contributed by atoms with Crippen molar-refractivity contribution in [2.45, 2.75) is 6.54 Å². The molecule has 0 aliphatic rings. The number of rotatable bonds is 5. The molecule has 0 bridgehead atoms. The van der Waals surface area contributed by atoms with Gasteiger partial charge in [-0.25, -0.2) is 9.37 Å². The first-order chi connectivity index (χ1) is 14.5. The SMILES string of the molecule is COc1ccc(Cn2c(-c3ccc(Cl)c(F)c3)nc3ccccc3c2=O)c(OC)c1. The van der Waals surface area contributed by atoms with E-state index in [0.29, 0.717) is 33.8 Å². The molecule has 3 aromatic carbocycles. The maximum atomic E-state index is 14.2. The molecule has 0 aliphatic heterocycles. The van der Waals surface area contributed by atoms with Gasteiger partial charge in [-0.1, -0.05) is 23.7 Å². The zero-order chi connectivity index (χ0) is 21.3. The van der Waals surface area contributed by atoms with E-state index in [9.17, 15) is 9.18 Å². The summed E-state index contributed by atoms with van der Waals surface area (Å²) >= 11 is 5.84. The number of fused-ring (bicyclic) bond motifs is 1. The number of aromatic nitrogens is 2. The Morgan fingerprint density at radius 2 is 1.83 bits per heavy atom. The Morgan fingerprint density at radius 3 is 2.57 bits per heavy atom. The van der Waals surface area contributed by atoms with Crippen molar-refractivity contribution in [2.24, 2.45) is 0 Å². The van der Waals surface area contributed by atoms with Crippen LogP contribution in [-0.2, 0) is 6.54 Å². The number of benzene rings is 3. The number of hydrogen-bond acceptors (Lipinski definition) is 4. The second-order valence-corrected chi connectivity index (χ2v) is 7.06. The van der Waals surface area contributed by atoms with E-state index in [1.165, 1.54) is 16.7 Å². The fourth-order valence-electron chi connectivity index (χ4n) is 3.32. The molecule has 0 aliphatic carbocycles. The van der Waals surface area contributed by atoms with Crippen LogP contribution in [0.25, 0.3) is 22.3 Å². The van der Waals surface area contributed by atoms with Crippen LogP contribution in [0.5, 0.6) is 11.5 Å². The smallest absolute Gasteiger partial charge is 0.261 e. The lowest BCUT2D eigenvalue weighted by molar-refractivity contribution is 0.390. The molecule has 0 amide bonds. The number of nitrogens with zero attached hydrogens (tertiary/aromatic N) is 2. The number of methoxy groups -OCH3 is 2. The lowest BCUT2D eigenvalue weighted by Gasteiger charge is -2.16. The van der Waals surface area contributed by atoms with Gasteiger partial charge in [0.2, 0.25) is 0 Å². The standard InChI is InChI=1S/C23H18ClFN2O3/c1-29-16-9-7-15(21(12-16)30-2)13-27-22(14-8-10-18(24)19(25)11-14)26-20-6-4-3-5-17(20)23(27)28/h3-12H,13H2,1-2H3. The van der Waals surface area contributed by atoms with Gasteiger partial charge in [-0.3, -0.25) is 9.36 Å². The Labute approximate surface area is 177 Å². The highest BCUT2D eigenvalue weighted by Crippen LogP contribution is 2.28. The fourth-order valence-corrected chi connectivity index (χ4v) is 3.44. The van der Waals surface area contributed by atoms with Gasteiger partial charge in [-0.05, 0) is 42.5 Å². The molecule has 4 aromatic rings. The Hall–Kier alpha value is -3.38. The van der Waals surface area contributed by atoms with Crippen LogP contribution < -0.4 is 15.0 Å². The van der Waals surface area contributed by atoms with E-state index in [0.717, 1.165) is 5.56 Å². The highest BCUT2D eigenvalue weighted by atomic mass is 35.5. The van der Waals surface area contributed by atoms with Crippen LogP contribution in [0.4, 0.5) is 4.39 Å². The maximum Gasteiger partial charge on any atom is 0.261 e. The predicted octanol–water partition coefficient (Wildman–Crippen LogP) is 4.92. The molecular formula is C23H18ClFN2O3. The summed E-state index contributed by atoms with van der Waals surface area (Å²) in [4.78, 5) is 18.0. The van der Waals surface area contributed by atoms with Crippen LogP contribution >= 0.6 is 11.6 Å². The summed E-state index contributed by atoms with van der Waals surface area (Å²) in [7, 11) is 3.12. The van der Waals surface area contributed by atoms with Gasteiger partial charge in [0.05, 0.1) is 36.7 Å². The summed E-state index contributed by atoms with van der Waals surface area (Å²) in [5.41, 5.74) is 1.51. The van der Waals surface area contributed by atoms with Gasteiger partial charge in [0.15, 0.2) is 0 Å². The monoisotopic (exact) mass is 424 g/mol. The molecule has 7 heteroatoms. The van der Waals surface area contributed by atoms with Crippen molar-refractivity contribution in [3.8, 4) is 22.9 Å². The number of halogens is 2. The maximum absolute atomic E-state index is 14.2. The Bertz CT molecular complexity index is 1300. The van der Waals surface area contributed by atoms with Crippen molar-refractivity contribution in [3.63, 3.8) is 0 Å². The summed E-state index contributed by atoms with van der Waals surface area (Å²) in [6, 6.07) is 16.8. The third kappa shape index (κ3) is 3.62. The lowest BCUT2D eigenvalue weighted by Crippen LogP contribution is -2.24. The largest absolute Gasteiger partial charge is 0.497 e. The second kappa shape index (κ2) is 8.16. The van der Waals surface area contributed by atoms with Crippen molar-refractivity contribution in [1.29, 1.82) is 0 Å². The van der Waals surface area contributed by atoms with Crippen LogP contribution in [-0.4, -0.2) is 23.8 Å². The number of hydrogen-bond donors (Lipinski definition) is 0. The molecule has 0 saturated heterocycles. The summed E-state index contributed by atoms with van der Waals surface area (Å²) in [5, 5.41) is 0.480. The third-order valence-corrected chi connectivity index (χ3v) is 5.17. The highest BCUT2D eigenvalue weighted by Gasteiger charge is 2.16. The first kappa shape index (κ1) is 19.9. The minimum Gasteiger partial charge on any atom is -0.497 e. The van der Waals surface area contributed by atoms with E-state index < -0.39 is 5.82 Å². The van der Waals surface area contributed by atoms with Crippen molar-refractivity contribution in [1.82, 2.24) is 9.55 Å². The van der Waals surface area contributed by atoms with Crippen molar-refractivity contribution in [3.05, 3.63) is 87.4 Å². The molecule has 1 heterocycles. The van der Waals surface area contributed by atoms with E-state index in [2.05, 4.69) is 4.98 Å². The van der Waals surface area contributed by atoms with Crippen LogP contribution in [0, 0.1) is 5.82 Å². The Kier molecular flexibility index (Phi) is 5.42. The van der Waals surface area contributed by atoms with Gasteiger partial charge in [0, 0.05) is 17.2 Å². The molecule has 0 radical (unpaired) electrons. The molecule has 0 unspecified atom stereocenters. The number of para-hydroxylation sites is 1. The van der Waals surface area contributed by atoms with E-state index in [4.69, 9.17) is 21.1 Å². The minimum atomic E-state index is -0.579. The topological polar surface area (TPSA) is 53.4 Å². The molecular weight excluding hydrogens is 407 g/mol. The molecule has 5 nitrogen and oxygen atoms in total. The van der Waals surface area contributed by atoms with Crippen molar-refractivity contribution >= 4 is 22.5 Å². The second-order valence-electron chi connectivity index (χ2n) is 6.65. The van der Waals surface area contributed by atoms with Crippen LogP contribution in [0.3, 0.4) is 0 Å².